The number of non-ortho nitro benzene ring substituents is 1. The van der Waals surface area contributed by atoms with Crippen LogP contribution in [0.4, 0.5) is 5.69 Å². The molecule has 0 heterocycles. The molecule has 7 nitrogen and oxygen atoms in total. The van der Waals surface area contributed by atoms with E-state index in [1.54, 1.807) is 6.07 Å². The van der Waals surface area contributed by atoms with Crippen molar-refractivity contribution in [2.75, 3.05) is 13.7 Å². The third kappa shape index (κ3) is 4.99. The molecule has 0 unspecified atom stereocenters. The number of ether oxygens (including phenoxy) is 1. The average Bonchev–Trinajstić information content (AvgIpc) is 2.42. The molecule has 0 radical (unpaired) electrons. The van der Waals surface area contributed by atoms with Crippen LogP contribution in [0.1, 0.15) is 5.56 Å². The molecule has 0 saturated carbocycles. The number of methoxy groups -OCH3 is 1. The summed E-state index contributed by atoms with van der Waals surface area (Å²) in [6, 6.07) is 5.83. The first-order valence-corrected chi connectivity index (χ1v) is 5.30. The van der Waals surface area contributed by atoms with Crippen molar-refractivity contribution in [3.05, 3.63) is 46.0 Å². The van der Waals surface area contributed by atoms with Crippen LogP contribution in [0.15, 0.2) is 30.3 Å². The zero-order chi connectivity index (χ0) is 14.3. The molecule has 19 heavy (non-hydrogen) atoms. The molecule has 0 fully saturated rings. The third-order valence-corrected chi connectivity index (χ3v) is 2.14. The Bertz CT molecular complexity index is 525. The van der Waals surface area contributed by atoms with Crippen molar-refractivity contribution in [2.24, 2.45) is 0 Å². The van der Waals surface area contributed by atoms with E-state index < -0.39 is 16.8 Å². The Kier molecular flexibility index (Phi) is 5.21. The smallest absolute Gasteiger partial charge is 0.325 e. The van der Waals surface area contributed by atoms with Gasteiger partial charge in [0.15, 0.2) is 0 Å². The molecular weight excluding hydrogens is 252 g/mol. The highest BCUT2D eigenvalue weighted by Gasteiger charge is 2.04. The molecule has 1 rings (SSSR count). The van der Waals surface area contributed by atoms with Gasteiger partial charge >= 0.3 is 5.97 Å². The van der Waals surface area contributed by atoms with E-state index in [1.807, 2.05) is 0 Å². The van der Waals surface area contributed by atoms with Gasteiger partial charge in [-0.15, -0.1) is 0 Å². The van der Waals surface area contributed by atoms with Crippen LogP contribution in [0.5, 0.6) is 0 Å². The van der Waals surface area contributed by atoms with Crippen molar-refractivity contribution in [3.63, 3.8) is 0 Å². The highest BCUT2D eigenvalue weighted by atomic mass is 16.6. The molecule has 1 amide bonds. The summed E-state index contributed by atoms with van der Waals surface area (Å²) in [7, 11) is 1.22. The molecule has 0 aliphatic carbocycles. The van der Waals surface area contributed by atoms with Crippen LogP contribution in [0.3, 0.4) is 0 Å². The first-order valence-electron chi connectivity index (χ1n) is 5.30. The van der Waals surface area contributed by atoms with Gasteiger partial charge in [0.1, 0.15) is 6.54 Å². The molecule has 1 aromatic rings. The second-order valence-corrected chi connectivity index (χ2v) is 3.48. The maximum atomic E-state index is 11.3. The number of esters is 1. The number of nitrogens with zero attached hydrogens (tertiary/aromatic N) is 1. The maximum absolute atomic E-state index is 11.3. The van der Waals surface area contributed by atoms with Crippen molar-refractivity contribution in [1.29, 1.82) is 0 Å². The minimum absolute atomic E-state index is 0.0582. The topological polar surface area (TPSA) is 98.5 Å². The normalized spacial score (nSPS) is 10.2. The lowest BCUT2D eigenvalue weighted by Crippen LogP contribution is -2.28. The number of rotatable bonds is 5. The predicted molar refractivity (Wildman–Crippen MR) is 67.2 cm³/mol. The third-order valence-electron chi connectivity index (χ3n) is 2.14. The van der Waals surface area contributed by atoms with Crippen LogP contribution in [0, 0.1) is 10.1 Å². The van der Waals surface area contributed by atoms with Crippen LogP contribution >= 0.6 is 0 Å². The van der Waals surface area contributed by atoms with Gasteiger partial charge in [-0.3, -0.25) is 19.7 Å². The summed E-state index contributed by atoms with van der Waals surface area (Å²) in [5.74, 6) is -1.05. The number of nitrogens with one attached hydrogen (secondary N) is 1. The predicted octanol–water partition coefficient (Wildman–Crippen LogP) is 0.897. The molecule has 0 atom stereocenters. The quantitative estimate of drug-likeness (QED) is 0.368. The number of nitro groups is 1. The fourth-order valence-corrected chi connectivity index (χ4v) is 1.20. The van der Waals surface area contributed by atoms with E-state index >= 15 is 0 Å². The summed E-state index contributed by atoms with van der Waals surface area (Å²) in [6.45, 7) is -0.228. The summed E-state index contributed by atoms with van der Waals surface area (Å²) >= 11 is 0. The van der Waals surface area contributed by atoms with E-state index in [0.717, 1.165) is 0 Å². The van der Waals surface area contributed by atoms with Gasteiger partial charge in [0.05, 0.1) is 12.0 Å². The number of carbonyl (C=O) groups is 2. The molecule has 0 aliphatic heterocycles. The first kappa shape index (κ1) is 14.4. The average molecular weight is 264 g/mol. The fraction of sp³-hybridized carbons (Fsp3) is 0.167. The van der Waals surface area contributed by atoms with Gasteiger partial charge in [-0.1, -0.05) is 12.1 Å². The van der Waals surface area contributed by atoms with Crippen LogP contribution in [-0.4, -0.2) is 30.5 Å². The Labute approximate surface area is 109 Å². The Morgan fingerprint density at radius 1 is 1.47 bits per heavy atom. The molecular formula is C12H12N2O5. The van der Waals surface area contributed by atoms with Gasteiger partial charge in [0.25, 0.3) is 5.69 Å². The Morgan fingerprint density at radius 2 is 2.21 bits per heavy atom. The lowest BCUT2D eigenvalue weighted by atomic mass is 10.2. The number of benzene rings is 1. The van der Waals surface area contributed by atoms with Crippen molar-refractivity contribution in [2.45, 2.75) is 0 Å². The van der Waals surface area contributed by atoms with Crippen LogP contribution in [-0.2, 0) is 14.3 Å². The molecule has 7 heteroatoms. The first-order chi connectivity index (χ1) is 9.02. The van der Waals surface area contributed by atoms with Gasteiger partial charge < -0.3 is 10.1 Å². The minimum atomic E-state index is -0.558. The molecule has 0 aromatic heterocycles. The van der Waals surface area contributed by atoms with Crippen molar-refractivity contribution in [3.8, 4) is 0 Å². The molecule has 0 bridgehead atoms. The van der Waals surface area contributed by atoms with E-state index in [1.165, 1.54) is 37.5 Å². The van der Waals surface area contributed by atoms with Gasteiger partial charge in [0, 0.05) is 18.2 Å². The van der Waals surface area contributed by atoms with E-state index in [0.29, 0.717) is 5.56 Å². The van der Waals surface area contributed by atoms with Gasteiger partial charge in [-0.25, -0.2) is 0 Å². The number of hydrogen-bond acceptors (Lipinski definition) is 5. The second kappa shape index (κ2) is 6.90. The Balaban J connectivity index is 2.61. The Hall–Kier alpha value is -2.70. The highest BCUT2D eigenvalue weighted by molar-refractivity contribution is 5.93. The summed E-state index contributed by atoms with van der Waals surface area (Å²) in [4.78, 5) is 32.1. The monoisotopic (exact) mass is 264 g/mol. The molecule has 1 N–H and O–H groups in total. The van der Waals surface area contributed by atoms with Crippen LogP contribution in [0.2, 0.25) is 0 Å². The maximum Gasteiger partial charge on any atom is 0.325 e. The van der Waals surface area contributed by atoms with Gasteiger partial charge in [0.2, 0.25) is 5.91 Å². The van der Waals surface area contributed by atoms with Crippen molar-refractivity contribution >= 4 is 23.6 Å². The number of hydrogen-bond donors (Lipinski definition) is 1. The summed E-state index contributed by atoms with van der Waals surface area (Å²) < 4.78 is 4.35. The lowest BCUT2D eigenvalue weighted by Gasteiger charge is -1.99. The minimum Gasteiger partial charge on any atom is -0.468 e. The van der Waals surface area contributed by atoms with Crippen LogP contribution in [0.25, 0.3) is 6.08 Å². The summed E-state index contributed by atoms with van der Waals surface area (Å²) in [5.41, 5.74) is 0.458. The lowest BCUT2D eigenvalue weighted by molar-refractivity contribution is -0.384. The van der Waals surface area contributed by atoms with E-state index in [2.05, 4.69) is 10.1 Å². The second-order valence-electron chi connectivity index (χ2n) is 3.48. The molecule has 0 spiro atoms. The zero-order valence-electron chi connectivity index (χ0n) is 10.2. The summed E-state index contributed by atoms with van der Waals surface area (Å²) in [6.07, 6.45) is 2.60. The van der Waals surface area contributed by atoms with Crippen molar-refractivity contribution < 1.29 is 19.2 Å². The van der Waals surface area contributed by atoms with Crippen molar-refractivity contribution in [1.82, 2.24) is 5.32 Å². The molecule has 0 saturated heterocycles. The number of carbonyl (C=O) groups excluding carboxylic acids is 2. The van der Waals surface area contributed by atoms with E-state index in [9.17, 15) is 19.7 Å². The van der Waals surface area contributed by atoms with E-state index in [-0.39, 0.29) is 12.2 Å². The SMILES string of the molecule is COC(=O)CNC(=O)/C=C/c1cccc([N+](=O)[O-])c1. The number of nitro benzene ring substituents is 1. The standard InChI is InChI=1S/C12H12N2O5/c1-19-12(16)8-13-11(15)6-5-9-3-2-4-10(7-9)14(17)18/h2-7H,8H2,1H3,(H,13,15)/b6-5+. The number of amides is 1. The molecule has 100 valence electrons. The van der Waals surface area contributed by atoms with E-state index in [4.69, 9.17) is 0 Å². The van der Waals surface area contributed by atoms with Gasteiger partial charge in [-0.05, 0) is 11.6 Å². The van der Waals surface area contributed by atoms with Crippen LogP contribution < -0.4 is 5.32 Å². The molecule has 0 aliphatic rings. The molecule has 1 aromatic carbocycles. The summed E-state index contributed by atoms with van der Waals surface area (Å²) in [5, 5.41) is 12.9. The zero-order valence-corrected chi connectivity index (χ0v) is 10.2. The fourth-order valence-electron chi connectivity index (χ4n) is 1.20. The Morgan fingerprint density at radius 3 is 2.84 bits per heavy atom. The largest absolute Gasteiger partial charge is 0.468 e. The highest BCUT2D eigenvalue weighted by Crippen LogP contribution is 2.13. The van der Waals surface area contributed by atoms with Gasteiger partial charge in [-0.2, -0.15) is 0 Å².